The number of phenolic OH excluding ortho intramolecular Hbond substituents is 1. The van der Waals surface area contributed by atoms with E-state index in [-0.39, 0.29) is 17.6 Å². The number of benzene rings is 1. The molecular formula is C14H18O4S. The Morgan fingerprint density at radius 3 is 2.79 bits per heavy atom. The topological polar surface area (TPSA) is 55.8 Å². The Morgan fingerprint density at radius 1 is 1.47 bits per heavy atom. The van der Waals surface area contributed by atoms with Crippen molar-refractivity contribution in [2.45, 2.75) is 6.42 Å². The van der Waals surface area contributed by atoms with Crippen LogP contribution in [-0.2, 0) is 9.53 Å². The van der Waals surface area contributed by atoms with E-state index < -0.39 is 0 Å². The van der Waals surface area contributed by atoms with Gasteiger partial charge in [0.15, 0.2) is 0 Å². The zero-order valence-corrected chi connectivity index (χ0v) is 11.7. The average Bonchev–Trinajstić information content (AvgIpc) is 2.94. The summed E-state index contributed by atoms with van der Waals surface area (Å²) in [6.45, 7) is 0.322. The van der Waals surface area contributed by atoms with E-state index in [1.54, 1.807) is 24.3 Å². The van der Waals surface area contributed by atoms with Gasteiger partial charge in [0.2, 0.25) is 0 Å². The molecule has 4 nitrogen and oxygen atoms in total. The number of phenols is 1. The second kappa shape index (κ2) is 6.70. The summed E-state index contributed by atoms with van der Waals surface area (Å²) in [5.41, 5.74) is 0. The van der Waals surface area contributed by atoms with Crippen LogP contribution in [0, 0.1) is 11.8 Å². The number of esters is 1. The monoisotopic (exact) mass is 282 g/mol. The van der Waals surface area contributed by atoms with Crippen LogP contribution >= 0.6 is 11.8 Å². The van der Waals surface area contributed by atoms with E-state index in [0.717, 1.165) is 17.9 Å². The lowest BCUT2D eigenvalue weighted by atomic mass is 9.92. The van der Waals surface area contributed by atoms with Crippen LogP contribution in [0.1, 0.15) is 6.42 Å². The van der Waals surface area contributed by atoms with Gasteiger partial charge in [-0.2, -0.15) is 11.8 Å². The molecule has 0 spiro atoms. The summed E-state index contributed by atoms with van der Waals surface area (Å²) < 4.78 is 10.5. The fourth-order valence-corrected chi connectivity index (χ4v) is 3.48. The van der Waals surface area contributed by atoms with Gasteiger partial charge in [0, 0.05) is 0 Å². The molecule has 1 aliphatic rings. The molecule has 0 aromatic heterocycles. The third kappa shape index (κ3) is 3.80. The fourth-order valence-electron chi connectivity index (χ4n) is 2.15. The summed E-state index contributed by atoms with van der Waals surface area (Å²) >= 11 is 1.87. The molecule has 2 rings (SSSR count). The Labute approximate surface area is 117 Å². The first-order valence-corrected chi connectivity index (χ1v) is 7.43. The van der Waals surface area contributed by atoms with Crippen molar-refractivity contribution in [2.75, 3.05) is 25.2 Å². The van der Waals surface area contributed by atoms with Crippen molar-refractivity contribution in [1.29, 1.82) is 0 Å². The van der Waals surface area contributed by atoms with Gasteiger partial charge < -0.3 is 14.6 Å². The van der Waals surface area contributed by atoms with Gasteiger partial charge >= 0.3 is 5.97 Å². The second-order valence-electron chi connectivity index (χ2n) is 4.56. The van der Waals surface area contributed by atoms with E-state index in [9.17, 15) is 9.90 Å². The van der Waals surface area contributed by atoms with Gasteiger partial charge in [0.05, 0.1) is 13.0 Å². The minimum atomic E-state index is -0.214. The van der Waals surface area contributed by atoms with E-state index in [1.807, 2.05) is 11.8 Å². The Hall–Kier alpha value is -1.36. The number of hydrogen-bond acceptors (Lipinski definition) is 5. The van der Waals surface area contributed by atoms with Crippen LogP contribution in [0.15, 0.2) is 24.3 Å². The normalized spacial score (nSPS) is 19.9. The molecule has 0 aliphatic carbocycles. The molecule has 1 fully saturated rings. The molecule has 1 aromatic carbocycles. The fraction of sp³-hybridized carbons (Fsp3) is 0.500. The van der Waals surface area contributed by atoms with Crippen molar-refractivity contribution in [3.05, 3.63) is 24.3 Å². The Morgan fingerprint density at radius 2 is 2.21 bits per heavy atom. The second-order valence-corrected chi connectivity index (χ2v) is 5.71. The summed E-state index contributed by atoms with van der Waals surface area (Å²) in [7, 11) is 1.41. The van der Waals surface area contributed by atoms with E-state index in [1.165, 1.54) is 7.11 Å². The number of ether oxygens (including phenoxy) is 2. The van der Waals surface area contributed by atoms with Crippen LogP contribution in [0.2, 0.25) is 0 Å². The first kappa shape index (κ1) is 14.1. The number of carbonyl (C=O) groups excluding carboxylic acids is 1. The lowest BCUT2D eigenvalue weighted by Gasteiger charge is -2.20. The maximum Gasteiger partial charge on any atom is 0.312 e. The summed E-state index contributed by atoms with van der Waals surface area (Å²) in [5, 5.41) is 9.20. The highest BCUT2D eigenvalue weighted by atomic mass is 32.2. The molecule has 104 valence electrons. The van der Waals surface area contributed by atoms with Gasteiger partial charge in [0.1, 0.15) is 18.1 Å². The van der Waals surface area contributed by atoms with Gasteiger partial charge in [-0.05, 0) is 48.1 Å². The SMILES string of the molecule is COC(=O)C(COc1ccc(O)cc1)C1CCSC1. The number of rotatable bonds is 5. The minimum absolute atomic E-state index is 0.198. The third-order valence-corrected chi connectivity index (χ3v) is 4.49. The highest BCUT2D eigenvalue weighted by molar-refractivity contribution is 7.99. The summed E-state index contributed by atoms with van der Waals surface area (Å²) in [6, 6.07) is 6.50. The van der Waals surface area contributed by atoms with Crippen molar-refractivity contribution in [3.63, 3.8) is 0 Å². The lowest BCUT2D eigenvalue weighted by Crippen LogP contribution is -2.30. The molecule has 5 heteroatoms. The zero-order valence-electron chi connectivity index (χ0n) is 10.9. The number of carbonyl (C=O) groups is 1. The largest absolute Gasteiger partial charge is 0.508 e. The molecule has 1 heterocycles. The Kier molecular flexibility index (Phi) is 4.96. The molecule has 0 bridgehead atoms. The predicted molar refractivity (Wildman–Crippen MR) is 74.5 cm³/mol. The number of thioether (sulfide) groups is 1. The van der Waals surface area contributed by atoms with E-state index in [2.05, 4.69) is 0 Å². The van der Waals surface area contributed by atoms with Gasteiger partial charge in [-0.1, -0.05) is 0 Å². The Bertz CT molecular complexity index is 412. The molecule has 0 radical (unpaired) electrons. The van der Waals surface area contributed by atoms with Crippen LogP contribution < -0.4 is 4.74 Å². The standard InChI is InChI=1S/C14H18O4S/c1-17-14(16)13(10-6-7-19-9-10)8-18-12-4-2-11(15)3-5-12/h2-5,10,13,15H,6-9H2,1H3. The number of aromatic hydroxyl groups is 1. The van der Waals surface area contributed by atoms with Crippen molar-refractivity contribution >= 4 is 17.7 Å². The maximum atomic E-state index is 11.8. The number of hydrogen-bond donors (Lipinski definition) is 1. The summed E-state index contributed by atoms with van der Waals surface area (Å²) in [5.74, 6) is 2.84. The van der Waals surface area contributed by atoms with Crippen molar-refractivity contribution in [3.8, 4) is 11.5 Å². The molecule has 1 aliphatic heterocycles. The van der Waals surface area contributed by atoms with Gasteiger partial charge in [0.25, 0.3) is 0 Å². The van der Waals surface area contributed by atoms with Crippen molar-refractivity contribution in [2.24, 2.45) is 11.8 Å². The third-order valence-electron chi connectivity index (χ3n) is 3.30. The summed E-state index contributed by atoms with van der Waals surface area (Å²) in [4.78, 5) is 11.8. The van der Waals surface area contributed by atoms with E-state index in [0.29, 0.717) is 18.3 Å². The van der Waals surface area contributed by atoms with Crippen LogP contribution in [-0.4, -0.2) is 36.3 Å². The van der Waals surface area contributed by atoms with Crippen molar-refractivity contribution in [1.82, 2.24) is 0 Å². The first-order valence-electron chi connectivity index (χ1n) is 6.28. The zero-order chi connectivity index (χ0) is 13.7. The summed E-state index contributed by atoms with van der Waals surface area (Å²) in [6.07, 6.45) is 1.03. The van der Waals surface area contributed by atoms with Gasteiger partial charge in [-0.15, -0.1) is 0 Å². The Balaban J connectivity index is 1.95. The van der Waals surface area contributed by atoms with Crippen molar-refractivity contribution < 1.29 is 19.4 Å². The quantitative estimate of drug-likeness (QED) is 0.840. The van der Waals surface area contributed by atoms with Gasteiger partial charge in [-0.25, -0.2) is 0 Å². The molecule has 0 amide bonds. The minimum Gasteiger partial charge on any atom is -0.508 e. The van der Waals surface area contributed by atoms with Crippen LogP contribution in [0.4, 0.5) is 0 Å². The van der Waals surface area contributed by atoms with Crippen LogP contribution in [0.25, 0.3) is 0 Å². The molecule has 2 unspecified atom stereocenters. The molecule has 0 saturated carbocycles. The lowest BCUT2D eigenvalue weighted by molar-refractivity contribution is -0.148. The smallest absolute Gasteiger partial charge is 0.312 e. The molecule has 2 atom stereocenters. The van der Waals surface area contributed by atoms with Crippen LogP contribution in [0.3, 0.4) is 0 Å². The molecular weight excluding hydrogens is 264 g/mol. The highest BCUT2D eigenvalue weighted by Gasteiger charge is 2.32. The molecule has 1 aromatic rings. The molecule has 1 N–H and O–H groups in total. The number of methoxy groups -OCH3 is 1. The molecule has 1 saturated heterocycles. The maximum absolute atomic E-state index is 11.8. The van der Waals surface area contributed by atoms with Gasteiger partial charge in [-0.3, -0.25) is 4.79 Å². The van der Waals surface area contributed by atoms with E-state index >= 15 is 0 Å². The first-order chi connectivity index (χ1) is 9.20. The molecule has 19 heavy (non-hydrogen) atoms. The average molecular weight is 282 g/mol. The van der Waals surface area contributed by atoms with Crippen LogP contribution in [0.5, 0.6) is 11.5 Å². The highest BCUT2D eigenvalue weighted by Crippen LogP contribution is 2.31. The van der Waals surface area contributed by atoms with E-state index in [4.69, 9.17) is 9.47 Å². The predicted octanol–water partition coefficient (Wildman–Crippen LogP) is 2.31.